The SMILES string of the molecule is CNc1cnc(-c2ccccc2C)[nH]c1=O. The number of aromatic nitrogens is 2. The zero-order valence-corrected chi connectivity index (χ0v) is 9.24. The first kappa shape index (κ1) is 10.4. The van der Waals surface area contributed by atoms with Gasteiger partial charge in [0.25, 0.3) is 5.56 Å². The van der Waals surface area contributed by atoms with E-state index in [4.69, 9.17) is 0 Å². The highest BCUT2D eigenvalue weighted by atomic mass is 16.1. The molecule has 0 spiro atoms. The van der Waals surface area contributed by atoms with Gasteiger partial charge in [-0.15, -0.1) is 0 Å². The molecule has 0 saturated heterocycles. The summed E-state index contributed by atoms with van der Waals surface area (Å²) in [5.74, 6) is 0.599. The Kier molecular flexibility index (Phi) is 2.72. The lowest BCUT2D eigenvalue weighted by Gasteiger charge is -2.05. The Morgan fingerprint density at radius 3 is 2.69 bits per heavy atom. The van der Waals surface area contributed by atoms with Crippen LogP contribution in [0.3, 0.4) is 0 Å². The summed E-state index contributed by atoms with van der Waals surface area (Å²) < 4.78 is 0. The number of aromatic amines is 1. The lowest BCUT2D eigenvalue weighted by atomic mass is 10.1. The fraction of sp³-hybridized carbons (Fsp3) is 0.167. The fourth-order valence-electron chi connectivity index (χ4n) is 1.55. The van der Waals surface area contributed by atoms with E-state index in [1.165, 1.54) is 0 Å². The molecule has 2 N–H and O–H groups in total. The molecule has 1 heterocycles. The van der Waals surface area contributed by atoms with E-state index in [1.54, 1.807) is 13.2 Å². The van der Waals surface area contributed by atoms with E-state index in [0.717, 1.165) is 11.1 Å². The van der Waals surface area contributed by atoms with E-state index in [1.807, 2.05) is 31.2 Å². The highest BCUT2D eigenvalue weighted by molar-refractivity contribution is 5.60. The number of hydrogen-bond acceptors (Lipinski definition) is 3. The van der Waals surface area contributed by atoms with Gasteiger partial charge in [0.1, 0.15) is 11.5 Å². The lowest BCUT2D eigenvalue weighted by molar-refractivity contribution is 1.12. The van der Waals surface area contributed by atoms with Crippen LogP contribution in [0.5, 0.6) is 0 Å². The van der Waals surface area contributed by atoms with Crippen LogP contribution in [0.1, 0.15) is 5.56 Å². The number of anilines is 1. The van der Waals surface area contributed by atoms with E-state index in [-0.39, 0.29) is 5.56 Å². The van der Waals surface area contributed by atoms with E-state index >= 15 is 0 Å². The molecule has 0 fully saturated rings. The van der Waals surface area contributed by atoms with Crippen LogP contribution >= 0.6 is 0 Å². The van der Waals surface area contributed by atoms with Crippen LogP contribution in [0.15, 0.2) is 35.3 Å². The average molecular weight is 215 g/mol. The summed E-state index contributed by atoms with van der Waals surface area (Å²) >= 11 is 0. The summed E-state index contributed by atoms with van der Waals surface area (Å²) in [6, 6.07) is 7.81. The van der Waals surface area contributed by atoms with Crippen molar-refractivity contribution >= 4 is 5.69 Å². The molecule has 2 rings (SSSR count). The van der Waals surface area contributed by atoms with Crippen LogP contribution < -0.4 is 10.9 Å². The molecule has 0 atom stereocenters. The zero-order valence-electron chi connectivity index (χ0n) is 9.24. The van der Waals surface area contributed by atoms with Crippen LogP contribution in [0.4, 0.5) is 5.69 Å². The van der Waals surface area contributed by atoms with E-state index in [2.05, 4.69) is 15.3 Å². The van der Waals surface area contributed by atoms with E-state index in [0.29, 0.717) is 11.5 Å². The molecule has 0 bridgehead atoms. The monoisotopic (exact) mass is 215 g/mol. The standard InChI is InChI=1S/C12H13N3O/c1-8-5-3-4-6-9(8)11-14-7-10(13-2)12(16)15-11/h3-7,13H,1-2H3,(H,14,15,16). The second-order valence-electron chi connectivity index (χ2n) is 3.54. The van der Waals surface area contributed by atoms with Gasteiger partial charge in [-0.3, -0.25) is 4.79 Å². The first-order valence-electron chi connectivity index (χ1n) is 5.05. The first-order valence-corrected chi connectivity index (χ1v) is 5.05. The normalized spacial score (nSPS) is 10.1. The Labute approximate surface area is 93.4 Å². The van der Waals surface area contributed by atoms with Crippen LogP contribution in [0.25, 0.3) is 11.4 Å². The maximum absolute atomic E-state index is 11.6. The lowest BCUT2D eigenvalue weighted by Crippen LogP contribution is -2.13. The van der Waals surface area contributed by atoms with Crippen LogP contribution in [-0.4, -0.2) is 17.0 Å². The molecular formula is C12H13N3O. The molecule has 4 nitrogen and oxygen atoms in total. The molecule has 0 aliphatic rings. The van der Waals surface area contributed by atoms with Gasteiger partial charge in [0.15, 0.2) is 0 Å². The van der Waals surface area contributed by atoms with Crippen LogP contribution in [-0.2, 0) is 0 Å². The smallest absolute Gasteiger partial charge is 0.274 e. The second-order valence-corrected chi connectivity index (χ2v) is 3.54. The molecule has 4 heteroatoms. The summed E-state index contributed by atoms with van der Waals surface area (Å²) in [5, 5.41) is 2.78. The van der Waals surface area contributed by atoms with Gasteiger partial charge < -0.3 is 10.3 Å². The maximum Gasteiger partial charge on any atom is 0.274 e. The summed E-state index contributed by atoms with van der Waals surface area (Å²) in [7, 11) is 1.69. The van der Waals surface area contributed by atoms with Crippen molar-refractivity contribution in [1.29, 1.82) is 0 Å². The van der Waals surface area contributed by atoms with Crippen molar-refractivity contribution in [2.75, 3.05) is 12.4 Å². The number of benzene rings is 1. The Bertz CT molecular complexity index is 560. The molecule has 1 aromatic heterocycles. The van der Waals surface area contributed by atoms with E-state index in [9.17, 15) is 4.79 Å². The predicted octanol–water partition coefficient (Wildman–Crippen LogP) is 1.79. The number of rotatable bonds is 2. The molecule has 0 aliphatic carbocycles. The maximum atomic E-state index is 11.6. The molecule has 0 unspecified atom stereocenters. The minimum atomic E-state index is -0.157. The molecule has 0 aliphatic heterocycles. The molecular weight excluding hydrogens is 202 g/mol. The van der Waals surface area contributed by atoms with Gasteiger partial charge in [-0.2, -0.15) is 0 Å². The number of nitrogens with zero attached hydrogens (tertiary/aromatic N) is 1. The highest BCUT2D eigenvalue weighted by Gasteiger charge is 2.05. The summed E-state index contributed by atoms with van der Waals surface area (Å²) in [6.07, 6.45) is 1.54. The Morgan fingerprint density at radius 1 is 1.31 bits per heavy atom. The zero-order chi connectivity index (χ0) is 11.5. The van der Waals surface area contributed by atoms with Gasteiger partial charge in [0, 0.05) is 12.6 Å². The van der Waals surface area contributed by atoms with E-state index < -0.39 is 0 Å². The number of hydrogen-bond donors (Lipinski definition) is 2. The molecule has 1 aromatic carbocycles. The molecule has 82 valence electrons. The molecule has 16 heavy (non-hydrogen) atoms. The molecule has 2 aromatic rings. The van der Waals surface area contributed by atoms with Crippen molar-refractivity contribution in [3.05, 3.63) is 46.4 Å². The van der Waals surface area contributed by atoms with Crippen molar-refractivity contribution < 1.29 is 0 Å². The van der Waals surface area contributed by atoms with Crippen molar-refractivity contribution in [2.24, 2.45) is 0 Å². The number of nitrogens with one attached hydrogen (secondary N) is 2. The highest BCUT2D eigenvalue weighted by Crippen LogP contribution is 2.17. The third kappa shape index (κ3) is 1.82. The van der Waals surface area contributed by atoms with Gasteiger partial charge >= 0.3 is 0 Å². The largest absolute Gasteiger partial charge is 0.382 e. The Balaban J connectivity index is 2.54. The van der Waals surface area contributed by atoms with Crippen molar-refractivity contribution in [3.63, 3.8) is 0 Å². The summed E-state index contributed by atoms with van der Waals surface area (Å²) in [5.41, 5.74) is 2.35. The summed E-state index contributed by atoms with van der Waals surface area (Å²) in [6.45, 7) is 1.99. The third-order valence-electron chi connectivity index (χ3n) is 2.47. The Hall–Kier alpha value is -2.10. The van der Waals surface area contributed by atoms with Gasteiger partial charge in [-0.05, 0) is 12.5 Å². The molecule has 0 amide bonds. The predicted molar refractivity (Wildman–Crippen MR) is 64.6 cm³/mol. The van der Waals surface area contributed by atoms with Gasteiger partial charge in [0.05, 0.1) is 6.20 Å². The van der Waals surface area contributed by atoms with Crippen LogP contribution in [0, 0.1) is 6.92 Å². The minimum absolute atomic E-state index is 0.157. The Morgan fingerprint density at radius 2 is 2.06 bits per heavy atom. The molecule has 0 radical (unpaired) electrons. The molecule has 0 saturated carbocycles. The number of aryl methyl sites for hydroxylation is 1. The van der Waals surface area contributed by atoms with Crippen molar-refractivity contribution in [2.45, 2.75) is 6.92 Å². The quantitative estimate of drug-likeness (QED) is 0.803. The second kappa shape index (κ2) is 4.18. The fourth-order valence-corrected chi connectivity index (χ4v) is 1.55. The minimum Gasteiger partial charge on any atom is -0.382 e. The number of H-pyrrole nitrogens is 1. The van der Waals surface area contributed by atoms with Crippen molar-refractivity contribution in [3.8, 4) is 11.4 Å². The first-order chi connectivity index (χ1) is 7.72. The van der Waals surface area contributed by atoms with Gasteiger partial charge in [0.2, 0.25) is 0 Å². The van der Waals surface area contributed by atoms with Gasteiger partial charge in [-0.1, -0.05) is 24.3 Å². The van der Waals surface area contributed by atoms with Crippen LogP contribution in [0.2, 0.25) is 0 Å². The summed E-state index contributed by atoms with van der Waals surface area (Å²) in [4.78, 5) is 18.6. The topological polar surface area (TPSA) is 57.8 Å². The average Bonchev–Trinajstić information content (AvgIpc) is 2.29. The third-order valence-corrected chi connectivity index (χ3v) is 2.47. The van der Waals surface area contributed by atoms with Gasteiger partial charge in [-0.25, -0.2) is 4.98 Å². The van der Waals surface area contributed by atoms with Crippen molar-refractivity contribution in [1.82, 2.24) is 9.97 Å².